The van der Waals surface area contributed by atoms with Crippen molar-refractivity contribution in [2.24, 2.45) is 0 Å². The minimum atomic E-state index is -1.15. The highest BCUT2D eigenvalue weighted by Gasteiger charge is 2.26. The van der Waals surface area contributed by atoms with E-state index in [4.69, 9.17) is 9.47 Å². The number of nitrogens with one attached hydrogen (secondary N) is 1. The second-order valence-corrected chi connectivity index (χ2v) is 5.67. The zero-order chi connectivity index (χ0) is 19.8. The van der Waals surface area contributed by atoms with Gasteiger partial charge >= 0.3 is 5.97 Å². The van der Waals surface area contributed by atoms with Crippen molar-refractivity contribution in [2.45, 2.75) is 32.5 Å². The summed E-state index contributed by atoms with van der Waals surface area (Å²) in [6.45, 7) is 3.14. The quantitative estimate of drug-likeness (QED) is 0.433. The van der Waals surface area contributed by atoms with Gasteiger partial charge in [-0.25, -0.2) is 4.79 Å². The average molecular weight is 372 g/mol. The van der Waals surface area contributed by atoms with Gasteiger partial charge in [-0.1, -0.05) is 37.3 Å². The van der Waals surface area contributed by atoms with Crippen molar-refractivity contribution in [3.63, 3.8) is 0 Å². The Morgan fingerprint density at radius 3 is 2.37 bits per heavy atom. The van der Waals surface area contributed by atoms with E-state index in [1.165, 1.54) is 25.1 Å². The van der Waals surface area contributed by atoms with E-state index >= 15 is 0 Å². The van der Waals surface area contributed by atoms with Crippen LogP contribution in [0.3, 0.4) is 0 Å². The third-order valence-corrected chi connectivity index (χ3v) is 3.68. The Kier molecular flexibility index (Phi) is 6.87. The lowest BCUT2D eigenvalue weighted by Gasteiger charge is -2.19. The van der Waals surface area contributed by atoms with Crippen LogP contribution < -0.4 is 10.1 Å². The molecule has 8 heteroatoms. The van der Waals surface area contributed by atoms with Crippen LogP contribution in [-0.2, 0) is 14.3 Å². The van der Waals surface area contributed by atoms with Gasteiger partial charge in [0, 0.05) is 6.07 Å². The summed E-state index contributed by atoms with van der Waals surface area (Å²) in [5.41, 5.74) is -0.216. The van der Waals surface area contributed by atoms with E-state index in [0.29, 0.717) is 12.2 Å². The summed E-state index contributed by atoms with van der Waals surface area (Å²) in [5, 5.41) is 13.4. The largest absolute Gasteiger partial charge is 0.479 e. The Bertz CT molecular complexity index is 809. The lowest BCUT2D eigenvalue weighted by atomic mass is 10.2. The van der Waals surface area contributed by atoms with Gasteiger partial charge in [-0.15, -0.1) is 0 Å². The molecule has 0 bridgehead atoms. The molecule has 2 aromatic carbocycles. The number of carbonyl (C=O) groups is 2. The van der Waals surface area contributed by atoms with Crippen molar-refractivity contribution < 1.29 is 24.0 Å². The van der Waals surface area contributed by atoms with Gasteiger partial charge in [0.2, 0.25) is 0 Å². The summed E-state index contributed by atoms with van der Waals surface area (Å²) in [6.07, 6.45) is -1.66. The molecule has 1 amide bonds. The number of nitrogens with zero attached hydrogens (tertiary/aromatic N) is 1. The number of rotatable bonds is 8. The van der Waals surface area contributed by atoms with Gasteiger partial charge in [0.15, 0.2) is 12.2 Å². The minimum Gasteiger partial charge on any atom is -0.479 e. The van der Waals surface area contributed by atoms with Crippen molar-refractivity contribution in [1.29, 1.82) is 0 Å². The summed E-state index contributed by atoms with van der Waals surface area (Å²) >= 11 is 0. The number of nitro groups is 1. The van der Waals surface area contributed by atoms with Gasteiger partial charge in [-0.05, 0) is 31.5 Å². The SMILES string of the molecule is CC[C@H](Oc1ccccc1)C(=O)O[C@@H](C)C(=O)Nc1ccccc1[N+](=O)[O-]. The molecule has 1 N–H and O–H groups in total. The van der Waals surface area contributed by atoms with Crippen LogP contribution in [0.4, 0.5) is 11.4 Å². The molecular weight excluding hydrogens is 352 g/mol. The van der Waals surface area contributed by atoms with E-state index in [9.17, 15) is 19.7 Å². The van der Waals surface area contributed by atoms with Crippen LogP contribution in [0.5, 0.6) is 5.75 Å². The Morgan fingerprint density at radius 1 is 1.11 bits per heavy atom. The molecule has 0 aromatic heterocycles. The monoisotopic (exact) mass is 372 g/mol. The highest BCUT2D eigenvalue weighted by Crippen LogP contribution is 2.23. The summed E-state index contributed by atoms with van der Waals surface area (Å²) in [7, 11) is 0. The zero-order valence-electron chi connectivity index (χ0n) is 15.0. The van der Waals surface area contributed by atoms with Crippen LogP contribution in [0.15, 0.2) is 54.6 Å². The van der Waals surface area contributed by atoms with Crippen molar-refractivity contribution in [3.8, 4) is 5.75 Å². The van der Waals surface area contributed by atoms with Crippen LogP contribution in [0, 0.1) is 10.1 Å². The number of amides is 1. The number of ether oxygens (including phenoxy) is 2. The number of nitro benzene ring substituents is 1. The number of benzene rings is 2. The van der Waals surface area contributed by atoms with Gasteiger partial charge in [0.05, 0.1) is 4.92 Å². The lowest BCUT2D eigenvalue weighted by Crippen LogP contribution is -2.36. The summed E-state index contributed by atoms with van der Waals surface area (Å²) < 4.78 is 10.7. The number of anilines is 1. The zero-order valence-corrected chi connectivity index (χ0v) is 15.0. The van der Waals surface area contributed by atoms with Gasteiger partial charge in [-0.2, -0.15) is 0 Å². The van der Waals surface area contributed by atoms with E-state index in [2.05, 4.69) is 5.32 Å². The minimum absolute atomic E-state index is 0.0305. The molecule has 0 aliphatic carbocycles. The summed E-state index contributed by atoms with van der Waals surface area (Å²) in [4.78, 5) is 34.9. The fourth-order valence-corrected chi connectivity index (χ4v) is 2.24. The Balaban J connectivity index is 1.98. The molecule has 0 aliphatic rings. The number of carbonyl (C=O) groups excluding carboxylic acids is 2. The molecule has 8 nitrogen and oxygen atoms in total. The molecule has 0 saturated carbocycles. The number of hydrogen-bond donors (Lipinski definition) is 1. The number of esters is 1. The Labute approximate surface area is 156 Å². The maximum atomic E-state index is 12.3. The molecule has 0 radical (unpaired) electrons. The van der Waals surface area contributed by atoms with Gasteiger partial charge in [0.25, 0.3) is 11.6 Å². The topological polar surface area (TPSA) is 108 Å². The van der Waals surface area contributed by atoms with Crippen LogP contribution in [0.1, 0.15) is 20.3 Å². The normalized spacial score (nSPS) is 12.5. The summed E-state index contributed by atoms with van der Waals surface area (Å²) in [5.74, 6) is -0.850. The summed E-state index contributed by atoms with van der Waals surface area (Å²) in [6, 6.07) is 14.5. The fraction of sp³-hybridized carbons (Fsp3) is 0.263. The molecular formula is C19H20N2O6. The van der Waals surface area contributed by atoms with Crippen LogP contribution in [-0.4, -0.2) is 29.0 Å². The molecule has 2 aromatic rings. The van der Waals surface area contributed by atoms with Crippen LogP contribution >= 0.6 is 0 Å². The molecule has 0 aliphatic heterocycles. The third-order valence-electron chi connectivity index (χ3n) is 3.68. The predicted octanol–water partition coefficient (Wildman–Crippen LogP) is 3.32. The second kappa shape index (κ2) is 9.33. The lowest BCUT2D eigenvalue weighted by molar-refractivity contribution is -0.383. The number of hydrogen-bond acceptors (Lipinski definition) is 6. The first-order valence-corrected chi connectivity index (χ1v) is 8.38. The van der Waals surface area contributed by atoms with E-state index in [1.807, 2.05) is 6.07 Å². The first-order valence-electron chi connectivity index (χ1n) is 8.38. The van der Waals surface area contributed by atoms with Crippen LogP contribution in [0.25, 0.3) is 0 Å². The Hall–Kier alpha value is -3.42. The predicted molar refractivity (Wildman–Crippen MR) is 98.4 cm³/mol. The molecule has 0 unspecified atom stereocenters. The maximum Gasteiger partial charge on any atom is 0.348 e. The third kappa shape index (κ3) is 5.53. The van der Waals surface area contributed by atoms with E-state index < -0.39 is 29.0 Å². The fourth-order valence-electron chi connectivity index (χ4n) is 2.24. The number of para-hydroxylation sites is 3. The van der Waals surface area contributed by atoms with Crippen molar-refractivity contribution in [1.82, 2.24) is 0 Å². The van der Waals surface area contributed by atoms with E-state index in [-0.39, 0.29) is 11.4 Å². The molecule has 0 saturated heterocycles. The van der Waals surface area contributed by atoms with E-state index in [0.717, 1.165) is 0 Å². The smallest absolute Gasteiger partial charge is 0.348 e. The van der Waals surface area contributed by atoms with Crippen molar-refractivity contribution >= 4 is 23.3 Å². The first-order chi connectivity index (χ1) is 12.9. The van der Waals surface area contributed by atoms with Crippen LogP contribution in [0.2, 0.25) is 0 Å². The second-order valence-electron chi connectivity index (χ2n) is 5.67. The molecule has 0 spiro atoms. The molecule has 0 fully saturated rings. The van der Waals surface area contributed by atoms with E-state index in [1.54, 1.807) is 37.3 Å². The van der Waals surface area contributed by atoms with Gasteiger partial charge in [-0.3, -0.25) is 14.9 Å². The highest BCUT2D eigenvalue weighted by atomic mass is 16.6. The molecule has 27 heavy (non-hydrogen) atoms. The first kappa shape index (κ1) is 19.9. The van der Waals surface area contributed by atoms with Gasteiger partial charge < -0.3 is 14.8 Å². The highest BCUT2D eigenvalue weighted by molar-refractivity contribution is 5.97. The van der Waals surface area contributed by atoms with Crippen molar-refractivity contribution in [3.05, 3.63) is 64.7 Å². The molecule has 2 atom stereocenters. The maximum absolute atomic E-state index is 12.3. The van der Waals surface area contributed by atoms with Crippen molar-refractivity contribution in [2.75, 3.05) is 5.32 Å². The molecule has 142 valence electrons. The van der Waals surface area contributed by atoms with Gasteiger partial charge in [0.1, 0.15) is 11.4 Å². The standard InChI is InChI=1S/C19H20N2O6/c1-3-17(27-14-9-5-4-6-10-14)19(23)26-13(2)18(22)20-15-11-7-8-12-16(15)21(24)25/h4-13,17H,3H2,1-2H3,(H,20,22)/t13-,17-/m0/s1. The molecule has 2 rings (SSSR count). The average Bonchev–Trinajstić information content (AvgIpc) is 2.66. The molecule has 0 heterocycles. The Morgan fingerprint density at radius 2 is 1.74 bits per heavy atom.